The van der Waals surface area contributed by atoms with E-state index in [9.17, 15) is 0 Å². The molecule has 2 aromatic rings. The van der Waals surface area contributed by atoms with E-state index >= 15 is 0 Å². The highest BCUT2D eigenvalue weighted by molar-refractivity contribution is 14.0. The lowest BCUT2D eigenvalue weighted by Crippen LogP contribution is -2.43. The van der Waals surface area contributed by atoms with E-state index in [2.05, 4.69) is 60.6 Å². The Balaban J connectivity index is 0.00000420. The zero-order valence-corrected chi connectivity index (χ0v) is 20.4. The Morgan fingerprint density at radius 3 is 2.52 bits per heavy atom. The van der Waals surface area contributed by atoms with Crippen LogP contribution in [0.1, 0.15) is 44.9 Å². The SMILES string of the molecule is CCN(CC)CCCC(C)NC(=NCc1ccccc1)NCCc1ccco1.I. The highest BCUT2D eigenvalue weighted by Crippen LogP contribution is 2.03. The Morgan fingerprint density at radius 1 is 1.10 bits per heavy atom. The van der Waals surface area contributed by atoms with Crippen molar-refractivity contribution in [3.8, 4) is 0 Å². The van der Waals surface area contributed by atoms with E-state index in [1.807, 2.05) is 18.2 Å². The van der Waals surface area contributed by atoms with Crippen LogP contribution in [0.4, 0.5) is 0 Å². The third-order valence-corrected chi connectivity index (χ3v) is 4.90. The predicted molar refractivity (Wildman–Crippen MR) is 133 cm³/mol. The molecule has 0 amide bonds. The fourth-order valence-electron chi connectivity index (χ4n) is 3.13. The van der Waals surface area contributed by atoms with Crippen LogP contribution in [0.2, 0.25) is 0 Å². The van der Waals surface area contributed by atoms with Crippen molar-refractivity contribution >= 4 is 29.9 Å². The normalized spacial score (nSPS) is 12.5. The van der Waals surface area contributed by atoms with Crippen LogP contribution < -0.4 is 10.6 Å². The summed E-state index contributed by atoms with van der Waals surface area (Å²) in [4.78, 5) is 7.25. The van der Waals surface area contributed by atoms with Crippen molar-refractivity contribution < 1.29 is 4.42 Å². The number of benzene rings is 1. The van der Waals surface area contributed by atoms with Crippen LogP contribution >= 0.6 is 24.0 Å². The molecule has 1 aromatic heterocycles. The minimum absolute atomic E-state index is 0. The van der Waals surface area contributed by atoms with Gasteiger partial charge in [-0.1, -0.05) is 44.2 Å². The molecule has 162 valence electrons. The van der Waals surface area contributed by atoms with Crippen LogP contribution in [-0.4, -0.2) is 43.1 Å². The maximum atomic E-state index is 5.42. The lowest BCUT2D eigenvalue weighted by atomic mass is 10.2. The first kappa shape index (κ1) is 25.5. The molecule has 2 rings (SSSR count). The van der Waals surface area contributed by atoms with Crippen molar-refractivity contribution in [3.05, 3.63) is 60.1 Å². The third kappa shape index (κ3) is 10.7. The fraction of sp³-hybridized carbons (Fsp3) is 0.522. The molecule has 0 saturated carbocycles. The summed E-state index contributed by atoms with van der Waals surface area (Å²) in [7, 11) is 0. The van der Waals surface area contributed by atoms with Gasteiger partial charge in [0.1, 0.15) is 5.76 Å². The van der Waals surface area contributed by atoms with Crippen molar-refractivity contribution in [2.75, 3.05) is 26.2 Å². The largest absolute Gasteiger partial charge is 0.469 e. The van der Waals surface area contributed by atoms with Gasteiger partial charge in [0.25, 0.3) is 0 Å². The number of nitrogens with zero attached hydrogens (tertiary/aromatic N) is 2. The maximum absolute atomic E-state index is 5.42. The van der Waals surface area contributed by atoms with Crippen molar-refractivity contribution in [2.45, 2.75) is 52.6 Å². The monoisotopic (exact) mass is 512 g/mol. The molecule has 0 bridgehead atoms. The van der Waals surface area contributed by atoms with E-state index < -0.39 is 0 Å². The topological polar surface area (TPSA) is 52.8 Å². The van der Waals surface area contributed by atoms with Crippen LogP contribution in [0.15, 0.2) is 58.1 Å². The third-order valence-electron chi connectivity index (χ3n) is 4.90. The summed E-state index contributed by atoms with van der Waals surface area (Å²) in [6.45, 7) is 11.5. The summed E-state index contributed by atoms with van der Waals surface area (Å²) in [5.41, 5.74) is 1.21. The number of aliphatic imine (C=N–C) groups is 1. The molecule has 0 radical (unpaired) electrons. The second-order valence-corrected chi connectivity index (χ2v) is 7.12. The van der Waals surface area contributed by atoms with Gasteiger partial charge in [0.05, 0.1) is 12.8 Å². The summed E-state index contributed by atoms with van der Waals surface area (Å²) < 4.78 is 5.42. The minimum atomic E-state index is 0. The van der Waals surface area contributed by atoms with Gasteiger partial charge >= 0.3 is 0 Å². The molecule has 1 unspecified atom stereocenters. The van der Waals surface area contributed by atoms with Gasteiger partial charge < -0.3 is 20.0 Å². The summed E-state index contributed by atoms with van der Waals surface area (Å²) in [6.07, 6.45) is 4.88. The van der Waals surface area contributed by atoms with Gasteiger partial charge in [0.2, 0.25) is 0 Å². The quantitative estimate of drug-likeness (QED) is 0.246. The lowest BCUT2D eigenvalue weighted by molar-refractivity contribution is 0.292. The molecular formula is C23H37IN4O. The Morgan fingerprint density at radius 2 is 1.86 bits per heavy atom. The van der Waals surface area contributed by atoms with Gasteiger partial charge in [-0.05, 0) is 57.1 Å². The standard InChI is InChI=1S/C23H36N4O.HI/c1-4-27(5-2)17-9-11-20(3)26-23(24-16-15-22-14-10-18-28-22)25-19-21-12-7-6-8-13-21;/h6-8,10,12-14,18,20H,4-5,9,11,15-17,19H2,1-3H3,(H2,24,25,26);1H. The first-order valence-electron chi connectivity index (χ1n) is 10.5. The highest BCUT2D eigenvalue weighted by Gasteiger charge is 2.07. The summed E-state index contributed by atoms with van der Waals surface area (Å²) >= 11 is 0. The number of nitrogens with one attached hydrogen (secondary N) is 2. The van der Waals surface area contributed by atoms with Gasteiger partial charge in [0.15, 0.2) is 5.96 Å². The smallest absolute Gasteiger partial charge is 0.191 e. The summed E-state index contributed by atoms with van der Waals surface area (Å²) in [5, 5.41) is 7.02. The van der Waals surface area contributed by atoms with Crippen molar-refractivity contribution in [1.82, 2.24) is 15.5 Å². The van der Waals surface area contributed by atoms with Crippen molar-refractivity contribution in [1.29, 1.82) is 0 Å². The van der Waals surface area contributed by atoms with Gasteiger partial charge in [0, 0.05) is 19.0 Å². The Bertz CT molecular complexity index is 657. The molecule has 1 atom stereocenters. The Kier molecular flexibility index (Phi) is 13.5. The second kappa shape index (κ2) is 15.3. The van der Waals surface area contributed by atoms with Crippen LogP contribution in [0.25, 0.3) is 0 Å². The van der Waals surface area contributed by atoms with Crippen LogP contribution in [-0.2, 0) is 13.0 Å². The average Bonchev–Trinajstić information content (AvgIpc) is 3.23. The second-order valence-electron chi connectivity index (χ2n) is 7.12. The zero-order chi connectivity index (χ0) is 20.0. The first-order valence-corrected chi connectivity index (χ1v) is 10.5. The summed E-state index contributed by atoms with van der Waals surface area (Å²) in [6, 6.07) is 14.7. The van der Waals surface area contributed by atoms with Crippen molar-refractivity contribution in [3.63, 3.8) is 0 Å². The molecule has 0 fully saturated rings. The Hall–Kier alpha value is -1.54. The van der Waals surface area contributed by atoms with E-state index in [1.54, 1.807) is 6.26 Å². The molecule has 29 heavy (non-hydrogen) atoms. The van der Waals surface area contributed by atoms with E-state index in [-0.39, 0.29) is 24.0 Å². The van der Waals surface area contributed by atoms with Crippen LogP contribution in [0.5, 0.6) is 0 Å². The number of guanidine groups is 1. The molecule has 5 nitrogen and oxygen atoms in total. The molecular weight excluding hydrogens is 475 g/mol. The number of hydrogen-bond acceptors (Lipinski definition) is 3. The molecule has 1 aromatic carbocycles. The number of rotatable bonds is 12. The van der Waals surface area contributed by atoms with E-state index in [0.29, 0.717) is 12.6 Å². The molecule has 6 heteroatoms. The van der Waals surface area contributed by atoms with E-state index in [4.69, 9.17) is 9.41 Å². The van der Waals surface area contributed by atoms with E-state index in [0.717, 1.165) is 50.7 Å². The van der Waals surface area contributed by atoms with Crippen LogP contribution in [0, 0.1) is 0 Å². The lowest BCUT2D eigenvalue weighted by Gasteiger charge is -2.21. The molecule has 0 aliphatic rings. The fourth-order valence-corrected chi connectivity index (χ4v) is 3.13. The first-order chi connectivity index (χ1) is 13.7. The molecule has 2 N–H and O–H groups in total. The van der Waals surface area contributed by atoms with E-state index in [1.165, 1.54) is 12.0 Å². The van der Waals surface area contributed by atoms with Crippen molar-refractivity contribution in [2.24, 2.45) is 4.99 Å². The van der Waals surface area contributed by atoms with Crippen LogP contribution in [0.3, 0.4) is 0 Å². The predicted octanol–water partition coefficient (Wildman–Crippen LogP) is 4.69. The minimum Gasteiger partial charge on any atom is -0.469 e. The molecule has 0 aliphatic heterocycles. The average molecular weight is 512 g/mol. The van der Waals surface area contributed by atoms with Gasteiger partial charge in [-0.3, -0.25) is 0 Å². The Labute approximate surface area is 193 Å². The molecule has 0 spiro atoms. The maximum Gasteiger partial charge on any atom is 0.191 e. The van der Waals surface area contributed by atoms with Gasteiger partial charge in [-0.15, -0.1) is 24.0 Å². The zero-order valence-electron chi connectivity index (χ0n) is 18.1. The molecule has 0 saturated heterocycles. The number of hydrogen-bond donors (Lipinski definition) is 2. The molecule has 1 heterocycles. The highest BCUT2D eigenvalue weighted by atomic mass is 127. The number of furan rings is 1. The summed E-state index contributed by atoms with van der Waals surface area (Å²) in [5.74, 6) is 1.85. The van der Waals surface area contributed by atoms with Gasteiger partial charge in [-0.25, -0.2) is 4.99 Å². The van der Waals surface area contributed by atoms with Gasteiger partial charge in [-0.2, -0.15) is 0 Å². The molecule has 0 aliphatic carbocycles. The number of halogens is 1.